The van der Waals surface area contributed by atoms with Crippen LogP contribution in [0.3, 0.4) is 0 Å². The fraction of sp³-hybridized carbons (Fsp3) is 0.500. The molecule has 1 aliphatic carbocycles. The summed E-state index contributed by atoms with van der Waals surface area (Å²) < 4.78 is 25.3. The van der Waals surface area contributed by atoms with Crippen molar-refractivity contribution in [1.29, 1.82) is 0 Å². The van der Waals surface area contributed by atoms with Crippen LogP contribution in [-0.4, -0.2) is 33.2 Å². The first-order valence-electron chi connectivity index (χ1n) is 7.09. The highest BCUT2D eigenvalue weighted by Gasteiger charge is 2.20. The van der Waals surface area contributed by atoms with E-state index in [1.807, 2.05) is 0 Å². The molecule has 0 unspecified atom stereocenters. The third-order valence-corrected chi connectivity index (χ3v) is 4.54. The van der Waals surface area contributed by atoms with Gasteiger partial charge in [-0.15, -0.1) is 12.4 Å². The Bertz CT molecular complexity index is 586. The fourth-order valence-electron chi connectivity index (χ4n) is 1.79. The molecule has 8 heteroatoms. The third kappa shape index (κ3) is 6.64. The maximum absolute atomic E-state index is 11.7. The predicted octanol–water partition coefficient (Wildman–Crippen LogP) is 1.81. The molecule has 1 aliphatic rings. The smallest absolute Gasteiger partial charge is 0.238 e. The van der Waals surface area contributed by atoms with Crippen molar-refractivity contribution in [1.82, 2.24) is 5.32 Å². The molecule has 124 valence electrons. The summed E-state index contributed by atoms with van der Waals surface area (Å²) in [6.07, 6.45) is 2.51. The van der Waals surface area contributed by atoms with Crippen molar-refractivity contribution in [3.05, 3.63) is 24.3 Å². The Hall–Kier alpha value is -1.31. The third-order valence-electron chi connectivity index (χ3n) is 3.24. The largest absolute Gasteiger partial charge is 0.325 e. The van der Waals surface area contributed by atoms with Crippen LogP contribution < -0.4 is 15.4 Å². The van der Waals surface area contributed by atoms with Gasteiger partial charge in [-0.1, -0.05) is 0 Å². The van der Waals surface area contributed by atoms with E-state index in [1.54, 1.807) is 31.2 Å². The van der Waals surface area contributed by atoms with Gasteiger partial charge in [0.2, 0.25) is 15.9 Å². The van der Waals surface area contributed by atoms with Gasteiger partial charge in [-0.2, -0.15) is 0 Å². The summed E-state index contributed by atoms with van der Waals surface area (Å²) in [5.41, 5.74) is 1.13. The molecule has 6 nitrogen and oxygen atoms in total. The lowest BCUT2D eigenvalue weighted by Crippen LogP contribution is -2.29. The summed E-state index contributed by atoms with van der Waals surface area (Å²) in [5.74, 6) is 0.666. The van der Waals surface area contributed by atoms with E-state index in [4.69, 9.17) is 0 Å². The molecule has 1 amide bonds. The minimum atomic E-state index is -3.27. The molecule has 0 aromatic heterocycles. The van der Waals surface area contributed by atoms with Crippen LogP contribution in [0.2, 0.25) is 0 Å². The van der Waals surface area contributed by atoms with Crippen LogP contribution in [0.5, 0.6) is 0 Å². The first-order chi connectivity index (χ1) is 9.98. The zero-order valence-electron chi connectivity index (χ0n) is 12.5. The van der Waals surface area contributed by atoms with Gasteiger partial charge in [-0.05, 0) is 56.5 Å². The molecule has 1 fully saturated rings. The van der Waals surface area contributed by atoms with Crippen LogP contribution in [0.25, 0.3) is 0 Å². The zero-order chi connectivity index (χ0) is 15.3. The lowest BCUT2D eigenvalue weighted by Gasteiger charge is -2.09. The Morgan fingerprint density at radius 2 is 1.77 bits per heavy atom. The molecule has 0 atom stereocenters. The SMILES string of the molecule is CCS(=O)(=O)Nc1ccc(NC(=O)CNCC2CC2)cc1.Cl. The monoisotopic (exact) mass is 347 g/mol. The summed E-state index contributed by atoms with van der Waals surface area (Å²) in [7, 11) is -3.27. The standard InChI is InChI=1S/C14H21N3O3S.ClH/c1-2-21(19,20)17-13-7-5-12(6-8-13)16-14(18)10-15-9-11-3-4-11;/h5-8,11,15,17H,2-4,9-10H2,1H3,(H,16,18);1H. The van der Waals surface area contributed by atoms with Gasteiger partial charge in [0.05, 0.1) is 12.3 Å². The summed E-state index contributed by atoms with van der Waals surface area (Å²) in [6.45, 7) is 2.76. The molecule has 0 bridgehead atoms. The van der Waals surface area contributed by atoms with E-state index < -0.39 is 10.0 Å². The Balaban J connectivity index is 0.00000242. The molecular weight excluding hydrogens is 326 g/mol. The number of hydrogen-bond donors (Lipinski definition) is 3. The first kappa shape index (κ1) is 18.7. The molecule has 1 aromatic carbocycles. The summed E-state index contributed by atoms with van der Waals surface area (Å²) in [5, 5.41) is 5.88. The average molecular weight is 348 g/mol. The molecule has 3 N–H and O–H groups in total. The number of sulfonamides is 1. The molecule has 0 aliphatic heterocycles. The van der Waals surface area contributed by atoms with E-state index in [9.17, 15) is 13.2 Å². The Kier molecular flexibility index (Phi) is 7.12. The molecule has 0 spiro atoms. The van der Waals surface area contributed by atoms with Crippen LogP contribution >= 0.6 is 12.4 Å². The van der Waals surface area contributed by atoms with Gasteiger partial charge < -0.3 is 10.6 Å². The molecule has 2 rings (SSSR count). The first-order valence-corrected chi connectivity index (χ1v) is 8.75. The van der Waals surface area contributed by atoms with E-state index in [2.05, 4.69) is 15.4 Å². The Morgan fingerprint density at radius 3 is 2.32 bits per heavy atom. The minimum Gasteiger partial charge on any atom is -0.325 e. The predicted molar refractivity (Wildman–Crippen MR) is 91.0 cm³/mol. The number of anilines is 2. The van der Waals surface area contributed by atoms with Gasteiger partial charge in [0, 0.05) is 11.4 Å². The lowest BCUT2D eigenvalue weighted by atomic mass is 10.3. The molecule has 0 radical (unpaired) electrons. The second kappa shape index (κ2) is 8.36. The average Bonchev–Trinajstić information content (AvgIpc) is 3.25. The fourth-order valence-corrected chi connectivity index (χ4v) is 2.43. The van der Waals surface area contributed by atoms with E-state index in [0.29, 0.717) is 17.9 Å². The van der Waals surface area contributed by atoms with Crippen molar-refractivity contribution in [3.63, 3.8) is 0 Å². The summed E-state index contributed by atoms with van der Waals surface area (Å²) in [6, 6.07) is 6.60. The minimum absolute atomic E-state index is 0. The number of rotatable bonds is 8. The van der Waals surface area contributed by atoms with Crippen LogP contribution in [-0.2, 0) is 14.8 Å². The molecular formula is C14H22ClN3O3S. The van der Waals surface area contributed by atoms with Crippen molar-refractivity contribution in [3.8, 4) is 0 Å². The van der Waals surface area contributed by atoms with E-state index in [-0.39, 0.29) is 24.1 Å². The van der Waals surface area contributed by atoms with E-state index >= 15 is 0 Å². The van der Waals surface area contributed by atoms with Crippen LogP contribution in [0.15, 0.2) is 24.3 Å². The van der Waals surface area contributed by atoms with Gasteiger partial charge in [-0.3, -0.25) is 9.52 Å². The van der Waals surface area contributed by atoms with Gasteiger partial charge >= 0.3 is 0 Å². The molecule has 1 saturated carbocycles. The van der Waals surface area contributed by atoms with E-state index in [0.717, 1.165) is 12.5 Å². The Labute approximate surface area is 137 Å². The summed E-state index contributed by atoms with van der Waals surface area (Å²) >= 11 is 0. The van der Waals surface area contributed by atoms with Crippen molar-refractivity contribution in [2.45, 2.75) is 19.8 Å². The highest BCUT2D eigenvalue weighted by atomic mass is 35.5. The summed E-state index contributed by atoms with van der Waals surface area (Å²) in [4.78, 5) is 11.7. The van der Waals surface area contributed by atoms with Crippen molar-refractivity contribution < 1.29 is 13.2 Å². The Morgan fingerprint density at radius 1 is 1.18 bits per heavy atom. The zero-order valence-corrected chi connectivity index (χ0v) is 14.1. The van der Waals surface area contributed by atoms with Crippen molar-refractivity contribution >= 4 is 39.7 Å². The van der Waals surface area contributed by atoms with Crippen LogP contribution in [0.4, 0.5) is 11.4 Å². The highest BCUT2D eigenvalue weighted by Crippen LogP contribution is 2.27. The number of benzene rings is 1. The lowest BCUT2D eigenvalue weighted by molar-refractivity contribution is -0.115. The number of nitrogens with one attached hydrogen (secondary N) is 3. The number of carbonyl (C=O) groups excluding carboxylic acids is 1. The quantitative estimate of drug-likeness (QED) is 0.669. The normalized spacial score (nSPS) is 14.0. The van der Waals surface area contributed by atoms with Crippen LogP contribution in [0.1, 0.15) is 19.8 Å². The number of hydrogen-bond acceptors (Lipinski definition) is 4. The molecule has 22 heavy (non-hydrogen) atoms. The second-order valence-corrected chi connectivity index (χ2v) is 7.22. The van der Waals surface area contributed by atoms with Gasteiger partial charge in [0.1, 0.15) is 0 Å². The highest BCUT2D eigenvalue weighted by molar-refractivity contribution is 7.92. The molecule has 0 heterocycles. The van der Waals surface area contributed by atoms with Crippen LogP contribution in [0, 0.1) is 5.92 Å². The van der Waals surface area contributed by atoms with Crippen molar-refractivity contribution in [2.24, 2.45) is 5.92 Å². The molecule has 1 aromatic rings. The number of carbonyl (C=O) groups is 1. The van der Waals surface area contributed by atoms with Gasteiger partial charge in [-0.25, -0.2) is 8.42 Å². The van der Waals surface area contributed by atoms with E-state index in [1.165, 1.54) is 12.8 Å². The molecule has 0 saturated heterocycles. The topological polar surface area (TPSA) is 87.3 Å². The maximum atomic E-state index is 11.7. The maximum Gasteiger partial charge on any atom is 0.238 e. The number of amides is 1. The van der Waals surface area contributed by atoms with Gasteiger partial charge in [0.25, 0.3) is 0 Å². The number of halogens is 1. The van der Waals surface area contributed by atoms with Crippen molar-refractivity contribution in [2.75, 3.05) is 28.9 Å². The van der Waals surface area contributed by atoms with Gasteiger partial charge in [0.15, 0.2) is 0 Å². The second-order valence-electron chi connectivity index (χ2n) is 5.21.